The fourth-order valence-corrected chi connectivity index (χ4v) is 3.25. The molecule has 0 saturated carbocycles. The number of nitrogens with zero attached hydrogens (tertiary/aromatic N) is 2. The van der Waals surface area contributed by atoms with Crippen LogP contribution in [0.25, 0.3) is 21.7 Å². The fourth-order valence-electron chi connectivity index (χ4n) is 2.79. The smallest absolute Gasteiger partial charge is 0.390 e. The summed E-state index contributed by atoms with van der Waals surface area (Å²) in [6.07, 6.45) is -2.38. The van der Waals surface area contributed by atoms with Crippen LogP contribution in [-0.4, -0.2) is 28.4 Å². The van der Waals surface area contributed by atoms with Crippen LogP contribution in [0.4, 0.5) is 13.2 Å². The van der Waals surface area contributed by atoms with Gasteiger partial charge in [0, 0.05) is 36.9 Å². The number of alkyl halides is 3. The molecule has 26 heavy (non-hydrogen) atoms. The number of aromatic nitrogens is 2. The van der Waals surface area contributed by atoms with Crippen LogP contribution < -0.4 is 16.0 Å². The molecule has 2 N–H and O–H groups in total. The summed E-state index contributed by atoms with van der Waals surface area (Å²) >= 11 is 3.37. The lowest BCUT2D eigenvalue weighted by Gasteiger charge is -2.17. The van der Waals surface area contributed by atoms with E-state index in [1.807, 2.05) is 0 Å². The van der Waals surface area contributed by atoms with E-state index in [9.17, 15) is 18.0 Å². The summed E-state index contributed by atoms with van der Waals surface area (Å²) in [4.78, 5) is 16.5. The molecule has 1 atom stereocenters. The number of benzene rings is 1. The number of fused-ring (bicyclic) bond motifs is 3. The predicted molar refractivity (Wildman–Crippen MR) is 96.3 cm³/mol. The van der Waals surface area contributed by atoms with Crippen LogP contribution in [0.2, 0.25) is 0 Å². The van der Waals surface area contributed by atoms with E-state index in [0.717, 1.165) is 10.8 Å². The number of hydrogen-bond acceptors (Lipinski definition) is 4. The second-order valence-corrected chi connectivity index (χ2v) is 6.83. The Bertz CT molecular complexity index is 1030. The zero-order chi connectivity index (χ0) is 19.1. The Hall–Kier alpha value is -2.13. The van der Waals surface area contributed by atoms with E-state index in [1.54, 1.807) is 31.4 Å². The Labute approximate surface area is 154 Å². The van der Waals surface area contributed by atoms with E-state index >= 15 is 0 Å². The third kappa shape index (κ3) is 3.68. The minimum absolute atomic E-state index is 0.220. The number of rotatable bonds is 4. The molecule has 1 unspecified atom stereocenters. The van der Waals surface area contributed by atoms with Gasteiger partial charge in [-0.15, -0.1) is 0 Å². The highest BCUT2D eigenvalue weighted by molar-refractivity contribution is 9.10. The van der Waals surface area contributed by atoms with Crippen LogP contribution in [0, 0.1) is 0 Å². The highest BCUT2D eigenvalue weighted by atomic mass is 79.9. The number of aryl methyl sites for hydroxylation is 1. The molecule has 0 radical (unpaired) electrons. The summed E-state index contributed by atoms with van der Waals surface area (Å²) in [6.45, 7) is -0.297. The molecule has 1 aromatic carbocycles. The van der Waals surface area contributed by atoms with E-state index < -0.39 is 18.6 Å². The molecular formula is C17H15BrF3N3O2. The lowest BCUT2D eigenvalue weighted by molar-refractivity contribution is -0.139. The van der Waals surface area contributed by atoms with Gasteiger partial charge in [0.15, 0.2) is 0 Å². The first-order valence-corrected chi connectivity index (χ1v) is 8.48. The van der Waals surface area contributed by atoms with Crippen molar-refractivity contribution in [2.75, 3.05) is 6.61 Å². The van der Waals surface area contributed by atoms with E-state index in [-0.39, 0.29) is 12.2 Å². The van der Waals surface area contributed by atoms with Gasteiger partial charge in [-0.2, -0.15) is 13.2 Å². The molecular weight excluding hydrogens is 415 g/mol. The van der Waals surface area contributed by atoms with Crippen molar-refractivity contribution in [2.45, 2.75) is 18.6 Å². The highest BCUT2D eigenvalue weighted by Crippen LogP contribution is 2.33. The Kier molecular flexibility index (Phi) is 4.94. The Morgan fingerprint density at radius 2 is 2.04 bits per heavy atom. The van der Waals surface area contributed by atoms with E-state index in [4.69, 9.17) is 10.5 Å². The normalized spacial score (nSPS) is 13.3. The standard InChI is InChI=1S/C17H15BrF3N3O2/c1-24-14-5-15(26-8-9(22)6-17(19,20)21)13(18)4-11(14)10-2-3-23-7-12(10)16(24)25/h2-5,7,9H,6,8,22H2,1H3. The van der Waals surface area contributed by atoms with Crippen molar-refractivity contribution in [3.63, 3.8) is 0 Å². The zero-order valence-corrected chi connectivity index (χ0v) is 15.3. The first-order chi connectivity index (χ1) is 12.2. The molecule has 0 fully saturated rings. The molecule has 0 amide bonds. The number of halogens is 4. The van der Waals surface area contributed by atoms with Gasteiger partial charge in [-0.3, -0.25) is 9.78 Å². The first-order valence-electron chi connectivity index (χ1n) is 7.68. The van der Waals surface area contributed by atoms with E-state index in [0.29, 0.717) is 21.1 Å². The molecule has 3 aromatic rings. The lowest BCUT2D eigenvalue weighted by atomic mass is 10.1. The third-order valence-electron chi connectivity index (χ3n) is 4.00. The van der Waals surface area contributed by atoms with E-state index in [1.165, 1.54) is 10.8 Å². The van der Waals surface area contributed by atoms with Crippen molar-refractivity contribution in [1.29, 1.82) is 0 Å². The molecule has 3 rings (SSSR count). The van der Waals surface area contributed by atoms with Crippen molar-refractivity contribution < 1.29 is 17.9 Å². The van der Waals surface area contributed by atoms with Gasteiger partial charge in [-0.05, 0) is 33.4 Å². The maximum Gasteiger partial charge on any atom is 0.390 e. The van der Waals surface area contributed by atoms with Gasteiger partial charge in [0.2, 0.25) is 0 Å². The maximum atomic E-state index is 12.5. The molecule has 9 heteroatoms. The van der Waals surface area contributed by atoms with Gasteiger partial charge in [-0.1, -0.05) is 0 Å². The van der Waals surface area contributed by atoms with Crippen LogP contribution >= 0.6 is 15.9 Å². The molecule has 0 aliphatic heterocycles. The summed E-state index contributed by atoms with van der Waals surface area (Å²) in [6, 6.07) is 3.94. The monoisotopic (exact) mass is 429 g/mol. The summed E-state index contributed by atoms with van der Waals surface area (Å²) in [5, 5.41) is 2.01. The van der Waals surface area contributed by atoms with Crippen molar-refractivity contribution in [1.82, 2.24) is 9.55 Å². The van der Waals surface area contributed by atoms with Crippen LogP contribution in [0.5, 0.6) is 5.75 Å². The van der Waals surface area contributed by atoms with Crippen LogP contribution in [0.3, 0.4) is 0 Å². The topological polar surface area (TPSA) is 70.1 Å². The molecule has 5 nitrogen and oxygen atoms in total. The molecule has 0 aliphatic rings. The number of nitrogens with two attached hydrogens (primary N) is 1. The summed E-state index contributed by atoms with van der Waals surface area (Å²) in [7, 11) is 1.62. The summed E-state index contributed by atoms with van der Waals surface area (Å²) in [5.74, 6) is 0.318. The number of pyridine rings is 2. The van der Waals surface area contributed by atoms with Gasteiger partial charge in [0.25, 0.3) is 5.56 Å². The average molecular weight is 430 g/mol. The second kappa shape index (κ2) is 6.88. The minimum Gasteiger partial charge on any atom is -0.491 e. The zero-order valence-electron chi connectivity index (χ0n) is 13.7. The quantitative estimate of drug-likeness (QED) is 0.644. The van der Waals surface area contributed by atoms with Crippen molar-refractivity contribution in [3.05, 3.63) is 45.4 Å². The van der Waals surface area contributed by atoms with Crippen molar-refractivity contribution >= 4 is 37.6 Å². The third-order valence-corrected chi connectivity index (χ3v) is 4.62. The lowest BCUT2D eigenvalue weighted by Crippen LogP contribution is -2.33. The Balaban J connectivity index is 2.01. The highest BCUT2D eigenvalue weighted by Gasteiger charge is 2.30. The molecule has 138 valence electrons. The molecule has 0 saturated heterocycles. The maximum absolute atomic E-state index is 12.5. The SMILES string of the molecule is Cn1c(=O)c2cnccc2c2cc(Br)c(OCC(N)CC(F)(F)F)cc21. The second-order valence-electron chi connectivity index (χ2n) is 5.98. The van der Waals surface area contributed by atoms with Crippen molar-refractivity contribution in [3.8, 4) is 5.75 Å². The van der Waals surface area contributed by atoms with Gasteiger partial charge >= 0.3 is 6.18 Å². The fraction of sp³-hybridized carbons (Fsp3) is 0.294. The molecule has 2 aromatic heterocycles. The van der Waals surface area contributed by atoms with Crippen LogP contribution in [0.1, 0.15) is 6.42 Å². The Morgan fingerprint density at radius 1 is 1.31 bits per heavy atom. The molecule has 2 heterocycles. The van der Waals surface area contributed by atoms with Gasteiger partial charge in [0.1, 0.15) is 12.4 Å². The van der Waals surface area contributed by atoms with Crippen molar-refractivity contribution in [2.24, 2.45) is 12.8 Å². The van der Waals surface area contributed by atoms with E-state index in [2.05, 4.69) is 20.9 Å². The molecule has 0 bridgehead atoms. The Morgan fingerprint density at radius 3 is 2.73 bits per heavy atom. The summed E-state index contributed by atoms with van der Waals surface area (Å²) < 4.78 is 44.6. The van der Waals surface area contributed by atoms with Gasteiger partial charge in [-0.25, -0.2) is 0 Å². The minimum atomic E-state index is -4.35. The molecule has 0 aliphatic carbocycles. The molecule has 0 spiro atoms. The van der Waals surface area contributed by atoms with Gasteiger partial charge in [0.05, 0.1) is 21.8 Å². The number of ether oxygens (including phenoxy) is 1. The van der Waals surface area contributed by atoms with Crippen LogP contribution in [-0.2, 0) is 7.05 Å². The predicted octanol–water partition coefficient (Wildman–Crippen LogP) is 3.51. The number of hydrogen-bond donors (Lipinski definition) is 1. The van der Waals surface area contributed by atoms with Crippen LogP contribution in [0.15, 0.2) is 39.9 Å². The van der Waals surface area contributed by atoms with Gasteiger partial charge < -0.3 is 15.0 Å². The summed E-state index contributed by atoms with van der Waals surface area (Å²) in [5.41, 5.74) is 5.85. The first kappa shape index (κ1) is 18.7. The average Bonchev–Trinajstić information content (AvgIpc) is 2.56. The largest absolute Gasteiger partial charge is 0.491 e.